The molecule has 0 heterocycles. The molecule has 0 aliphatic heterocycles. The van der Waals surface area contributed by atoms with Gasteiger partial charge < -0.3 is 5.32 Å². The van der Waals surface area contributed by atoms with Crippen molar-refractivity contribution in [1.82, 2.24) is 0 Å². The number of hydrogen-bond acceptors (Lipinski definition) is 5. The highest BCUT2D eigenvalue weighted by Gasteiger charge is 2.36. The molecule has 4 aromatic rings. The van der Waals surface area contributed by atoms with Crippen LogP contribution < -0.4 is 5.32 Å². The van der Waals surface area contributed by atoms with Crippen molar-refractivity contribution in [2.45, 2.75) is 0 Å². The van der Waals surface area contributed by atoms with Gasteiger partial charge >= 0.3 is 0 Å². The molecule has 0 saturated heterocycles. The van der Waals surface area contributed by atoms with Crippen LogP contribution >= 0.6 is 0 Å². The third kappa shape index (κ3) is 3.15. The lowest BCUT2D eigenvalue weighted by Crippen LogP contribution is -2.23. The number of benzene rings is 4. The van der Waals surface area contributed by atoms with E-state index in [9.17, 15) is 19.7 Å². The van der Waals surface area contributed by atoms with Crippen LogP contribution in [0.4, 0.5) is 17.1 Å². The zero-order valence-corrected chi connectivity index (χ0v) is 16.7. The van der Waals surface area contributed by atoms with E-state index in [1.807, 2.05) is 54.6 Å². The van der Waals surface area contributed by atoms with Crippen molar-refractivity contribution in [3.63, 3.8) is 0 Å². The van der Waals surface area contributed by atoms with Gasteiger partial charge in [-0.05, 0) is 35.4 Å². The summed E-state index contributed by atoms with van der Waals surface area (Å²) < 4.78 is 0. The van der Waals surface area contributed by atoms with Crippen LogP contribution in [0, 0.1) is 10.1 Å². The third-order valence-corrected chi connectivity index (χ3v) is 5.52. The largest absolute Gasteiger partial charge is 0.355 e. The van der Waals surface area contributed by atoms with E-state index >= 15 is 0 Å². The first kappa shape index (κ1) is 19.4. The van der Waals surface area contributed by atoms with E-state index in [4.69, 9.17) is 0 Å². The number of fused-ring (bicyclic) bond motifs is 2. The molecule has 0 amide bonds. The Morgan fingerprint density at radius 3 is 1.91 bits per heavy atom. The Labute approximate surface area is 183 Å². The number of hydrogen-bond donors (Lipinski definition) is 1. The van der Waals surface area contributed by atoms with Gasteiger partial charge in [-0.3, -0.25) is 19.7 Å². The Bertz CT molecular complexity index is 1390. The molecule has 1 aliphatic carbocycles. The first-order chi connectivity index (χ1) is 15.5. The van der Waals surface area contributed by atoms with Gasteiger partial charge in [-0.25, -0.2) is 0 Å². The number of carbonyl (C=O) groups excluding carboxylic acids is 2. The number of nitro groups is 1. The standard InChI is InChI=1S/C26H16N2O4/c29-25-20-9-5-11-22(28(31)32)24(20)26(30)19-8-4-10-21(23(19)25)27-18-14-12-17(13-15-18)16-6-2-1-3-7-16/h1-15,27H. The summed E-state index contributed by atoms with van der Waals surface area (Å²) in [4.78, 5) is 37.1. The lowest BCUT2D eigenvalue weighted by molar-refractivity contribution is -0.385. The van der Waals surface area contributed by atoms with Crippen molar-refractivity contribution in [1.29, 1.82) is 0 Å². The van der Waals surface area contributed by atoms with Crippen LogP contribution in [0.2, 0.25) is 0 Å². The van der Waals surface area contributed by atoms with Gasteiger partial charge in [0.1, 0.15) is 5.56 Å². The molecule has 6 heteroatoms. The minimum atomic E-state index is -0.634. The van der Waals surface area contributed by atoms with E-state index in [1.165, 1.54) is 24.3 Å². The van der Waals surface area contributed by atoms with Crippen LogP contribution in [-0.4, -0.2) is 16.5 Å². The summed E-state index contributed by atoms with van der Waals surface area (Å²) in [7, 11) is 0. The molecular weight excluding hydrogens is 404 g/mol. The number of nitrogens with one attached hydrogen (secondary N) is 1. The van der Waals surface area contributed by atoms with Crippen LogP contribution in [0.1, 0.15) is 31.8 Å². The molecule has 154 valence electrons. The summed E-state index contributed by atoms with van der Waals surface area (Å²) in [5.41, 5.74) is 3.29. The second kappa shape index (κ2) is 7.59. The van der Waals surface area contributed by atoms with Gasteiger partial charge in [-0.1, -0.05) is 60.7 Å². The fraction of sp³-hybridized carbons (Fsp3) is 0. The normalized spacial score (nSPS) is 12.1. The topological polar surface area (TPSA) is 89.3 Å². The molecule has 1 aliphatic rings. The van der Waals surface area contributed by atoms with Gasteiger partial charge in [0.05, 0.1) is 16.2 Å². The molecule has 0 spiro atoms. The molecule has 0 atom stereocenters. The fourth-order valence-corrected chi connectivity index (χ4v) is 4.01. The van der Waals surface area contributed by atoms with E-state index in [0.717, 1.165) is 16.8 Å². The van der Waals surface area contributed by atoms with Gasteiger partial charge in [0.15, 0.2) is 5.78 Å². The molecule has 0 unspecified atom stereocenters. The van der Waals surface area contributed by atoms with Crippen LogP contribution in [-0.2, 0) is 0 Å². The van der Waals surface area contributed by atoms with Crippen molar-refractivity contribution in [3.8, 4) is 11.1 Å². The third-order valence-electron chi connectivity index (χ3n) is 5.52. The first-order valence-corrected chi connectivity index (χ1v) is 9.97. The molecule has 0 bridgehead atoms. The van der Waals surface area contributed by atoms with E-state index in [1.54, 1.807) is 12.1 Å². The summed E-state index contributed by atoms with van der Waals surface area (Å²) in [5, 5.41) is 14.6. The highest BCUT2D eigenvalue weighted by atomic mass is 16.6. The molecule has 32 heavy (non-hydrogen) atoms. The lowest BCUT2D eigenvalue weighted by Gasteiger charge is -2.20. The molecule has 0 saturated carbocycles. The molecule has 5 rings (SSSR count). The summed E-state index contributed by atoms with van der Waals surface area (Å²) in [6, 6.07) is 26.7. The van der Waals surface area contributed by atoms with Crippen molar-refractivity contribution in [3.05, 3.63) is 123 Å². The van der Waals surface area contributed by atoms with Crippen molar-refractivity contribution >= 4 is 28.6 Å². The number of rotatable bonds is 4. The number of nitro benzene ring substituents is 1. The molecule has 0 fully saturated rings. The summed E-state index contributed by atoms with van der Waals surface area (Å²) in [5.74, 6) is -0.938. The minimum absolute atomic E-state index is 0.0466. The SMILES string of the molecule is O=C1c2cccc([N+](=O)[O-])c2C(=O)c2cccc(Nc3ccc(-c4ccccc4)cc3)c21. The predicted molar refractivity (Wildman–Crippen MR) is 122 cm³/mol. The second-order valence-electron chi connectivity index (χ2n) is 7.41. The second-order valence-corrected chi connectivity index (χ2v) is 7.41. The monoisotopic (exact) mass is 420 g/mol. The molecule has 0 aromatic heterocycles. The smallest absolute Gasteiger partial charge is 0.281 e. The average Bonchev–Trinajstić information content (AvgIpc) is 2.83. The number of ketones is 2. The van der Waals surface area contributed by atoms with E-state index in [0.29, 0.717) is 5.69 Å². The maximum Gasteiger partial charge on any atom is 0.281 e. The number of carbonyl (C=O) groups is 2. The Morgan fingerprint density at radius 1 is 0.625 bits per heavy atom. The predicted octanol–water partition coefficient (Wildman–Crippen LogP) is 5.78. The molecule has 4 aromatic carbocycles. The maximum atomic E-state index is 13.3. The van der Waals surface area contributed by atoms with Gasteiger partial charge in [0.2, 0.25) is 5.78 Å². The minimum Gasteiger partial charge on any atom is -0.355 e. The fourth-order valence-electron chi connectivity index (χ4n) is 4.01. The Hall–Kier alpha value is -4.58. The lowest BCUT2D eigenvalue weighted by atomic mass is 9.82. The van der Waals surface area contributed by atoms with E-state index in [-0.39, 0.29) is 27.9 Å². The first-order valence-electron chi connectivity index (χ1n) is 9.97. The summed E-state index contributed by atoms with van der Waals surface area (Å²) in [6.45, 7) is 0. The van der Waals surface area contributed by atoms with Crippen LogP contribution in [0.15, 0.2) is 91.0 Å². The van der Waals surface area contributed by atoms with Crippen molar-refractivity contribution in [2.24, 2.45) is 0 Å². The maximum absolute atomic E-state index is 13.3. The Balaban J connectivity index is 1.53. The van der Waals surface area contributed by atoms with Crippen molar-refractivity contribution in [2.75, 3.05) is 5.32 Å². The van der Waals surface area contributed by atoms with Crippen LogP contribution in [0.3, 0.4) is 0 Å². The quantitative estimate of drug-likeness (QED) is 0.294. The molecule has 1 N–H and O–H groups in total. The van der Waals surface area contributed by atoms with Gasteiger partial charge in [0, 0.05) is 22.9 Å². The summed E-state index contributed by atoms with van der Waals surface area (Å²) >= 11 is 0. The van der Waals surface area contributed by atoms with Crippen LogP contribution in [0.5, 0.6) is 0 Å². The summed E-state index contributed by atoms with van der Waals surface area (Å²) in [6.07, 6.45) is 0. The number of anilines is 2. The number of nitrogens with zero attached hydrogens (tertiary/aromatic N) is 1. The van der Waals surface area contributed by atoms with E-state index < -0.39 is 16.5 Å². The highest BCUT2D eigenvalue weighted by molar-refractivity contribution is 6.31. The highest BCUT2D eigenvalue weighted by Crippen LogP contribution is 2.37. The van der Waals surface area contributed by atoms with Crippen molar-refractivity contribution < 1.29 is 14.5 Å². The molecule has 0 radical (unpaired) electrons. The molecular formula is C26H16N2O4. The van der Waals surface area contributed by atoms with Crippen LogP contribution in [0.25, 0.3) is 11.1 Å². The van der Waals surface area contributed by atoms with Gasteiger partial charge in [0.25, 0.3) is 5.69 Å². The zero-order valence-electron chi connectivity index (χ0n) is 16.7. The van der Waals surface area contributed by atoms with Gasteiger partial charge in [-0.15, -0.1) is 0 Å². The zero-order chi connectivity index (χ0) is 22.2. The average molecular weight is 420 g/mol. The Morgan fingerprint density at radius 2 is 1.22 bits per heavy atom. The van der Waals surface area contributed by atoms with Gasteiger partial charge in [-0.2, -0.15) is 0 Å². The Kier molecular flexibility index (Phi) is 4.60. The molecule has 6 nitrogen and oxygen atoms in total. The van der Waals surface area contributed by atoms with E-state index in [2.05, 4.69) is 5.32 Å².